The Labute approximate surface area is 159 Å². The second-order valence-electron chi connectivity index (χ2n) is 6.48. The Morgan fingerprint density at radius 3 is 2.61 bits per heavy atom. The molecule has 0 aliphatic carbocycles. The highest BCUT2D eigenvalue weighted by atomic mass is 19.4. The number of imidazole rings is 1. The number of halogens is 3. The molecule has 2 heterocycles. The Morgan fingerprint density at radius 2 is 1.96 bits per heavy atom. The molecule has 1 aromatic carbocycles. The fourth-order valence-electron chi connectivity index (χ4n) is 2.95. The van der Waals surface area contributed by atoms with Gasteiger partial charge in [0.1, 0.15) is 12.2 Å². The Morgan fingerprint density at radius 1 is 1.25 bits per heavy atom. The highest BCUT2D eigenvalue weighted by Gasteiger charge is 2.33. The standard InChI is InChI=1S/C20H17F3N4O/c1-14-3-2-8-27-17(11-25-19(14)27)9-18(28)26(13-20(21,22)23)12-16-6-4-15(10-24)5-7-16/h2-8,11H,9,12-13H2,1H3. The molecule has 0 spiro atoms. The van der Waals surface area contributed by atoms with Gasteiger partial charge < -0.3 is 9.30 Å². The highest BCUT2D eigenvalue weighted by molar-refractivity contribution is 5.78. The van der Waals surface area contributed by atoms with E-state index in [4.69, 9.17) is 5.26 Å². The minimum absolute atomic E-state index is 0.195. The number of hydrogen-bond acceptors (Lipinski definition) is 3. The summed E-state index contributed by atoms with van der Waals surface area (Å²) in [6.07, 6.45) is -1.48. The molecule has 8 heteroatoms. The Kier molecular flexibility index (Phi) is 5.36. The van der Waals surface area contributed by atoms with Gasteiger partial charge in [-0.05, 0) is 36.2 Å². The van der Waals surface area contributed by atoms with Crippen LogP contribution in [0.1, 0.15) is 22.4 Å². The van der Waals surface area contributed by atoms with E-state index >= 15 is 0 Å². The highest BCUT2D eigenvalue weighted by Crippen LogP contribution is 2.20. The van der Waals surface area contributed by atoms with Gasteiger partial charge in [0.25, 0.3) is 0 Å². The number of alkyl halides is 3. The van der Waals surface area contributed by atoms with E-state index in [1.807, 2.05) is 19.1 Å². The molecular weight excluding hydrogens is 369 g/mol. The number of hydrogen-bond donors (Lipinski definition) is 0. The van der Waals surface area contributed by atoms with Crippen molar-refractivity contribution in [3.05, 3.63) is 71.2 Å². The van der Waals surface area contributed by atoms with Gasteiger partial charge in [0, 0.05) is 18.9 Å². The summed E-state index contributed by atoms with van der Waals surface area (Å²) in [6.45, 7) is 0.330. The van der Waals surface area contributed by atoms with Crippen LogP contribution < -0.4 is 0 Å². The lowest BCUT2D eigenvalue weighted by Gasteiger charge is -2.24. The van der Waals surface area contributed by atoms with Gasteiger partial charge in [0.2, 0.25) is 5.91 Å². The zero-order valence-corrected chi connectivity index (χ0v) is 15.1. The molecule has 0 fully saturated rings. The van der Waals surface area contributed by atoms with Crippen LogP contribution in [-0.2, 0) is 17.8 Å². The molecule has 3 aromatic rings. The fraction of sp³-hybridized carbons (Fsp3) is 0.250. The van der Waals surface area contributed by atoms with Gasteiger partial charge in [-0.25, -0.2) is 4.98 Å². The van der Waals surface area contributed by atoms with E-state index in [-0.39, 0.29) is 13.0 Å². The fourth-order valence-corrected chi connectivity index (χ4v) is 2.95. The van der Waals surface area contributed by atoms with Crippen LogP contribution in [0.15, 0.2) is 48.8 Å². The molecule has 0 N–H and O–H groups in total. The molecule has 0 atom stereocenters. The Bertz CT molecular complexity index is 1030. The van der Waals surface area contributed by atoms with Crippen molar-refractivity contribution in [1.82, 2.24) is 14.3 Å². The van der Waals surface area contributed by atoms with Crippen LogP contribution >= 0.6 is 0 Å². The number of pyridine rings is 1. The number of nitriles is 1. The van der Waals surface area contributed by atoms with Gasteiger partial charge in [-0.15, -0.1) is 0 Å². The SMILES string of the molecule is Cc1cccn2c(CC(=O)N(Cc3ccc(C#N)cc3)CC(F)(F)F)cnc12. The maximum absolute atomic E-state index is 13.0. The maximum atomic E-state index is 13.0. The number of aryl methyl sites for hydroxylation is 1. The van der Waals surface area contributed by atoms with Crippen molar-refractivity contribution in [1.29, 1.82) is 5.26 Å². The molecule has 0 saturated heterocycles. The summed E-state index contributed by atoms with van der Waals surface area (Å²) >= 11 is 0. The zero-order valence-electron chi connectivity index (χ0n) is 15.1. The van der Waals surface area contributed by atoms with Crippen LogP contribution in [0.2, 0.25) is 0 Å². The molecular formula is C20H17F3N4O. The number of aromatic nitrogens is 2. The number of nitrogens with zero attached hydrogens (tertiary/aromatic N) is 4. The van der Waals surface area contributed by atoms with Gasteiger partial charge in [0.05, 0.1) is 23.7 Å². The van der Waals surface area contributed by atoms with E-state index in [0.29, 0.717) is 22.5 Å². The topological polar surface area (TPSA) is 61.4 Å². The van der Waals surface area contributed by atoms with Gasteiger partial charge in [-0.2, -0.15) is 18.4 Å². The van der Waals surface area contributed by atoms with Crippen molar-refractivity contribution in [3.63, 3.8) is 0 Å². The largest absolute Gasteiger partial charge is 0.406 e. The van der Waals surface area contributed by atoms with Gasteiger partial charge in [0.15, 0.2) is 0 Å². The minimum Gasteiger partial charge on any atom is -0.329 e. The molecule has 2 aromatic heterocycles. The molecule has 0 radical (unpaired) electrons. The van der Waals surface area contributed by atoms with E-state index in [0.717, 1.165) is 10.5 Å². The van der Waals surface area contributed by atoms with Crippen molar-refractivity contribution < 1.29 is 18.0 Å². The Balaban J connectivity index is 1.83. The summed E-state index contributed by atoms with van der Waals surface area (Å²) in [7, 11) is 0. The van der Waals surface area contributed by atoms with Crippen molar-refractivity contribution in [2.75, 3.05) is 6.54 Å². The quantitative estimate of drug-likeness (QED) is 0.673. The number of fused-ring (bicyclic) bond motifs is 1. The molecule has 144 valence electrons. The normalized spacial score (nSPS) is 11.4. The first-order valence-electron chi connectivity index (χ1n) is 8.52. The molecule has 0 unspecified atom stereocenters. The van der Waals surface area contributed by atoms with Crippen molar-refractivity contribution in [2.45, 2.75) is 26.1 Å². The average molecular weight is 386 g/mol. The van der Waals surface area contributed by atoms with Crippen molar-refractivity contribution >= 4 is 11.6 Å². The number of rotatable bonds is 5. The summed E-state index contributed by atoms with van der Waals surface area (Å²) in [5.41, 5.74) is 3.02. The summed E-state index contributed by atoms with van der Waals surface area (Å²) in [5.74, 6) is -0.648. The monoisotopic (exact) mass is 386 g/mol. The molecule has 0 aliphatic heterocycles. The molecule has 1 amide bonds. The minimum atomic E-state index is -4.52. The number of carbonyl (C=O) groups is 1. The molecule has 28 heavy (non-hydrogen) atoms. The van der Waals surface area contributed by atoms with Crippen LogP contribution in [0.3, 0.4) is 0 Å². The van der Waals surface area contributed by atoms with Crippen molar-refractivity contribution in [3.8, 4) is 6.07 Å². The summed E-state index contributed by atoms with van der Waals surface area (Å²) in [5, 5.41) is 8.83. The number of amides is 1. The first-order valence-corrected chi connectivity index (χ1v) is 8.52. The van der Waals surface area contributed by atoms with E-state index in [2.05, 4.69) is 4.98 Å². The summed E-state index contributed by atoms with van der Waals surface area (Å²) < 4.78 is 40.8. The number of carbonyl (C=O) groups excluding carboxylic acids is 1. The third-order valence-electron chi connectivity index (χ3n) is 4.32. The van der Waals surface area contributed by atoms with Crippen LogP contribution in [0, 0.1) is 18.3 Å². The van der Waals surface area contributed by atoms with E-state index in [1.165, 1.54) is 18.3 Å². The van der Waals surface area contributed by atoms with E-state index < -0.39 is 18.6 Å². The lowest BCUT2D eigenvalue weighted by Crippen LogP contribution is -2.39. The predicted molar refractivity (Wildman–Crippen MR) is 96.3 cm³/mol. The summed E-state index contributed by atoms with van der Waals surface area (Å²) in [4.78, 5) is 17.7. The first-order chi connectivity index (χ1) is 13.3. The second-order valence-corrected chi connectivity index (χ2v) is 6.48. The van der Waals surface area contributed by atoms with E-state index in [1.54, 1.807) is 28.8 Å². The van der Waals surface area contributed by atoms with E-state index in [9.17, 15) is 18.0 Å². The molecule has 3 rings (SSSR count). The molecule has 0 aliphatic rings. The van der Waals surface area contributed by atoms with Gasteiger partial charge in [-0.1, -0.05) is 18.2 Å². The van der Waals surface area contributed by atoms with Gasteiger partial charge in [-0.3, -0.25) is 4.79 Å². The third kappa shape index (κ3) is 4.49. The van der Waals surface area contributed by atoms with Crippen LogP contribution in [0.4, 0.5) is 13.2 Å². The third-order valence-corrected chi connectivity index (χ3v) is 4.32. The number of benzene rings is 1. The molecule has 5 nitrogen and oxygen atoms in total. The lowest BCUT2D eigenvalue weighted by atomic mass is 10.1. The predicted octanol–water partition coefficient (Wildman–Crippen LogP) is 3.65. The van der Waals surface area contributed by atoms with Crippen LogP contribution in [0.5, 0.6) is 0 Å². The van der Waals surface area contributed by atoms with Crippen LogP contribution in [0.25, 0.3) is 5.65 Å². The zero-order chi connectivity index (χ0) is 20.3. The first kappa shape index (κ1) is 19.4. The smallest absolute Gasteiger partial charge is 0.329 e. The van der Waals surface area contributed by atoms with Crippen molar-refractivity contribution in [2.24, 2.45) is 0 Å². The summed E-state index contributed by atoms with van der Waals surface area (Å²) in [6, 6.07) is 11.7. The second kappa shape index (κ2) is 7.72. The lowest BCUT2D eigenvalue weighted by molar-refractivity contribution is -0.162. The Hall–Kier alpha value is -3.34. The molecule has 0 saturated carbocycles. The average Bonchev–Trinajstić information content (AvgIpc) is 3.05. The maximum Gasteiger partial charge on any atom is 0.406 e. The van der Waals surface area contributed by atoms with Gasteiger partial charge >= 0.3 is 6.18 Å². The van der Waals surface area contributed by atoms with Crippen LogP contribution in [-0.4, -0.2) is 32.9 Å². The molecule has 0 bridgehead atoms.